The highest BCUT2D eigenvalue weighted by Gasteiger charge is 2.29. The molecule has 1 atom stereocenters. The lowest BCUT2D eigenvalue weighted by molar-refractivity contribution is -0.140. The van der Waals surface area contributed by atoms with E-state index in [4.69, 9.17) is 9.47 Å². The third-order valence-electron chi connectivity index (χ3n) is 2.16. The normalized spacial score (nSPS) is 13.2. The molecule has 1 unspecified atom stereocenters. The van der Waals surface area contributed by atoms with Crippen molar-refractivity contribution in [2.75, 3.05) is 14.2 Å². The van der Waals surface area contributed by atoms with Crippen LogP contribution in [0.2, 0.25) is 0 Å². The van der Waals surface area contributed by atoms with Crippen LogP contribution in [0, 0.1) is 0 Å². The van der Waals surface area contributed by atoms with Crippen LogP contribution in [-0.2, 0) is 0 Å². The molecule has 0 amide bonds. The minimum atomic E-state index is -4.33. The zero-order valence-corrected chi connectivity index (χ0v) is 9.86. The molecule has 0 saturated heterocycles. The van der Waals surface area contributed by atoms with E-state index in [9.17, 15) is 18.3 Å². The van der Waals surface area contributed by atoms with Crippen molar-refractivity contribution in [3.63, 3.8) is 0 Å². The number of aromatic nitrogens is 2. The van der Waals surface area contributed by atoms with E-state index in [2.05, 4.69) is 9.97 Å². The standard InChI is InChI=1S/C10H13F3N2O3/c1-17-7-5-14-8(9(15-7)18-2)6(16)3-4-10(11,12)13/h5-6,16H,3-4H2,1-2H3. The SMILES string of the molecule is COc1cnc(C(O)CCC(F)(F)F)c(OC)n1. The maximum atomic E-state index is 12.0. The second-order valence-electron chi connectivity index (χ2n) is 3.48. The third kappa shape index (κ3) is 4.02. The van der Waals surface area contributed by atoms with Gasteiger partial charge in [-0.25, -0.2) is 4.98 Å². The molecule has 0 radical (unpaired) electrons. The molecule has 0 aliphatic carbocycles. The molecule has 1 N–H and O–H groups in total. The number of methoxy groups -OCH3 is 2. The number of ether oxygens (including phenoxy) is 2. The van der Waals surface area contributed by atoms with Crippen LogP contribution in [0.3, 0.4) is 0 Å². The van der Waals surface area contributed by atoms with E-state index >= 15 is 0 Å². The zero-order valence-electron chi connectivity index (χ0n) is 9.86. The Kier molecular flexibility index (Phi) is 4.71. The second-order valence-corrected chi connectivity index (χ2v) is 3.48. The number of halogens is 3. The summed E-state index contributed by atoms with van der Waals surface area (Å²) in [6.45, 7) is 0. The first kappa shape index (κ1) is 14.5. The Bertz CT molecular complexity index is 398. The predicted octanol–water partition coefficient (Wildman–Crippen LogP) is 1.87. The lowest BCUT2D eigenvalue weighted by atomic mass is 10.1. The molecule has 0 aliphatic heterocycles. The fraction of sp³-hybridized carbons (Fsp3) is 0.600. The lowest BCUT2D eigenvalue weighted by Gasteiger charge is -2.14. The van der Waals surface area contributed by atoms with Crippen molar-refractivity contribution < 1.29 is 27.8 Å². The van der Waals surface area contributed by atoms with E-state index in [-0.39, 0.29) is 17.5 Å². The molecule has 102 valence electrons. The van der Waals surface area contributed by atoms with Crippen LogP contribution in [0.4, 0.5) is 13.2 Å². The molecule has 0 saturated carbocycles. The lowest BCUT2D eigenvalue weighted by Crippen LogP contribution is -2.12. The van der Waals surface area contributed by atoms with Gasteiger partial charge in [0, 0.05) is 6.42 Å². The summed E-state index contributed by atoms with van der Waals surface area (Å²) >= 11 is 0. The highest BCUT2D eigenvalue weighted by Crippen LogP contribution is 2.30. The Balaban J connectivity index is 2.81. The number of aliphatic hydroxyl groups is 1. The molecular weight excluding hydrogens is 253 g/mol. The molecule has 18 heavy (non-hydrogen) atoms. The molecule has 8 heteroatoms. The third-order valence-corrected chi connectivity index (χ3v) is 2.16. The molecule has 1 aromatic heterocycles. The number of aliphatic hydroxyl groups excluding tert-OH is 1. The van der Waals surface area contributed by atoms with Crippen molar-refractivity contribution in [2.24, 2.45) is 0 Å². The zero-order chi connectivity index (χ0) is 13.8. The molecule has 1 heterocycles. The van der Waals surface area contributed by atoms with Gasteiger partial charge in [0.25, 0.3) is 0 Å². The summed E-state index contributed by atoms with van der Waals surface area (Å²) < 4.78 is 45.7. The molecule has 0 aliphatic rings. The van der Waals surface area contributed by atoms with Gasteiger partial charge in [-0.2, -0.15) is 18.2 Å². The molecule has 5 nitrogen and oxygen atoms in total. The van der Waals surface area contributed by atoms with E-state index < -0.39 is 25.1 Å². The van der Waals surface area contributed by atoms with E-state index in [1.54, 1.807) is 0 Å². The number of nitrogens with zero attached hydrogens (tertiary/aromatic N) is 2. The summed E-state index contributed by atoms with van der Waals surface area (Å²) in [5, 5.41) is 9.64. The summed E-state index contributed by atoms with van der Waals surface area (Å²) in [5.41, 5.74) is -0.0393. The summed E-state index contributed by atoms with van der Waals surface area (Å²) in [6, 6.07) is 0. The summed E-state index contributed by atoms with van der Waals surface area (Å²) in [7, 11) is 2.65. The molecule has 0 fully saturated rings. The Labute approximate surface area is 102 Å². The first-order chi connectivity index (χ1) is 8.37. The maximum absolute atomic E-state index is 12.0. The van der Waals surface area contributed by atoms with Gasteiger partial charge in [-0.3, -0.25) is 0 Å². The van der Waals surface area contributed by atoms with Gasteiger partial charge in [-0.15, -0.1) is 0 Å². The van der Waals surface area contributed by atoms with Crippen LogP contribution in [0.25, 0.3) is 0 Å². The average molecular weight is 266 g/mol. The minimum absolute atomic E-state index is 0.0393. The number of rotatable bonds is 5. The topological polar surface area (TPSA) is 64.5 Å². The quantitative estimate of drug-likeness (QED) is 0.881. The van der Waals surface area contributed by atoms with Crippen LogP contribution in [0.5, 0.6) is 11.8 Å². The van der Waals surface area contributed by atoms with Gasteiger partial charge in [0.15, 0.2) is 0 Å². The highest BCUT2D eigenvalue weighted by atomic mass is 19.4. The van der Waals surface area contributed by atoms with Crippen molar-refractivity contribution in [2.45, 2.75) is 25.1 Å². The molecular formula is C10H13F3N2O3. The van der Waals surface area contributed by atoms with Crippen LogP contribution in [0.1, 0.15) is 24.6 Å². The van der Waals surface area contributed by atoms with Gasteiger partial charge in [-0.1, -0.05) is 0 Å². The fourth-order valence-electron chi connectivity index (χ4n) is 1.28. The van der Waals surface area contributed by atoms with Crippen LogP contribution in [0.15, 0.2) is 6.20 Å². The summed E-state index contributed by atoms with van der Waals surface area (Å²) in [5.74, 6) is 0.0997. The highest BCUT2D eigenvalue weighted by molar-refractivity contribution is 5.24. The van der Waals surface area contributed by atoms with E-state index in [1.807, 2.05) is 0 Å². The average Bonchev–Trinajstić information content (AvgIpc) is 2.34. The van der Waals surface area contributed by atoms with Gasteiger partial charge < -0.3 is 14.6 Å². The van der Waals surface area contributed by atoms with Crippen LogP contribution >= 0.6 is 0 Å². The predicted molar refractivity (Wildman–Crippen MR) is 55.4 cm³/mol. The number of alkyl halides is 3. The maximum Gasteiger partial charge on any atom is 0.389 e. The number of hydrogen-bond acceptors (Lipinski definition) is 5. The van der Waals surface area contributed by atoms with Gasteiger partial charge in [0.2, 0.25) is 11.8 Å². The molecule has 0 aromatic carbocycles. The molecule has 1 aromatic rings. The smallest absolute Gasteiger partial charge is 0.389 e. The minimum Gasteiger partial charge on any atom is -0.480 e. The second kappa shape index (κ2) is 5.85. The van der Waals surface area contributed by atoms with Crippen molar-refractivity contribution in [1.29, 1.82) is 0 Å². The van der Waals surface area contributed by atoms with E-state index in [0.717, 1.165) is 0 Å². The van der Waals surface area contributed by atoms with Crippen LogP contribution < -0.4 is 9.47 Å². The Hall–Kier alpha value is -1.57. The van der Waals surface area contributed by atoms with Crippen LogP contribution in [-0.4, -0.2) is 35.5 Å². The molecule has 0 bridgehead atoms. The molecule has 0 spiro atoms. The first-order valence-corrected chi connectivity index (χ1v) is 5.07. The van der Waals surface area contributed by atoms with Crippen molar-refractivity contribution in [3.8, 4) is 11.8 Å². The summed E-state index contributed by atoms with van der Waals surface area (Å²) in [4.78, 5) is 7.62. The van der Waals surface area contributed by atoms with Crippen molar-refractivity contribution in [1.82, 2.24) is 9.97 Å². The summed E-state index contributed by atoms with van der Waals surface area (Å²) in [6.07, 6.45) is -6.12. The van der Waals surface area contributed by atoms with Gasteiger partial charge in [-0.05, 0) is 6.42 Å². The Morgan fingerprint density at radius 2 is 2.00 bits per heavy atom. The Morgan fingerprint density at radius 3 is 2.50 bits per heavy atom. The number of hydrogen-bond donors (Lipinski definition) is 1. The molecule has 1 rings (SSSR count). The fourth-order valence-corrected chi connectivity index (χ4v) is 1.28. The monoisotopic (exact) mass is 266 g/mol. The largest absolute Gasteiger partial charge is 0.480 e. The van der Waals surface area contributed by atoms with E-state index in [1.165, 1.54) is 20.4 Å². The van der Waals surface area contributed by atoms with Crippen molar-refractivity contribution in [3.05, 3.63) is 11.9 Å². The first-order valence-electron chi connectivity index (χ1n) is 5.07. The Morgan fingerprint density at radius 1 is 1.33 bits per heavy atom. The van der Waals surface area contributed by atoms with E-state index in [0.29, 0.717) is 0 Å². The van der Waals surface area contributed by atoms with Gasteiger partial charge >= 0.3 is 6.18 Å². The van der Waals surface area contributed by atoms with Gasteiger partial charge in [0.1, 0.15) is 11.8 Å². The van der Waals surface area contributed by atoms with Crippen molar-refractivity contribution >= 4 is 0 Å². The van der Waals surface area contributed by atoms with Gasteiger partial charge in [0.05, 0.1) is 20.4 Å².